The summed E-state index contributed by atoms with van der Waals surface area (Å²) in [5, 5.41) is 0. The second-order valence-corrected chi connectivity index (χ2v) is 7.37. The van der Waals surface area contributed by atoms with E-state index in [9.17, 15) is 9.59 Å². The Bertz CT molecular complexity index is 827. The predicted molar refractivity (Wildman–Crippen MR) is 104 cm³/mol. The van der Waals surface area contributed by atoms with Crippen LogP contribution < -0.4 is 0 Å². The molecule has 1 aromatic heterocycles. The van der Waals surface area contributed by atoms with Crippen LogP contribution in [0, 0.1) is 0 Å². The molecular formula is C22H25N3O2. The van der Waals surface area contributed by atoms with E-state index in [0.717, 1.165) is 18.4 Å². The lowest BCUT2D eigenvalue weighted by Gasteiger charge is -2.34. The molecule has 0 radical (unpaired) electrons. The zero-order chi connectivity index (χ0) is 18.6. The molecule has 2 heterocycles. The van der Waals surface area contributed by atoms with Gasteiger partial charge in [-0.05, 0) is 54.5 Å². The first-order valence-corrected chi connectivity index (χ1v) is 9.79. The van der Waals surface area contributed by atoms with Gasteiger partial charge in [0.05, 0.1) is 6.42 Å². The van der Waals surface area contributed by atoms with E-state index in [1.165, 1.54) is 24.0 Å². The summed E-state index contributed by atoms with van der Waals surface area (Å²) in [5.74, 6) is 0.0908. The minimum atomic E-state index is -0.0580. The van der Waals surface area contributed by atoms with Crippen LogP contribution in [0.2, 0.25) is 0 Å². The van der Waals surface area contributed by atoms with Gasteiger partial charge in [-0.3, -0.25) is 14.6 Å². The zero-order valence-corrected chi connectivity index (χ0v) is 15.6. The molecule has 1 aromatic carbocycles. The van der Waals surface area contributed by atoms with Crippen LogP contribution in [0.1, 0.15) is 40.0 Å². The monoisotopic (exact) mass is 363 g/mol. The number of aromatic nitrogens is 1. The highest BCUT2D eigenvalue weighted by Gasteiger charge is 2.25. The average molecular weight is 363 g/mol. The Kier molecular flexibility index (Phi) is 5.19. The molecule has 5 heteroatoms. The normalized spacial score (nSPS) is 16.7. The van der Waals surface area contributed by atoms with Gasteiger partial charge >= 0.3 is 0 Å². The first-order chi connectivity index (χ1) is 13.2. The third-order valence-corrected chi connectivity index (χ3v) is 5.57. The number of carbonyl (C=O) groups is 2. The standard InChI is InChI=1S/C22H25N3O2/c26-21(16-17-8-9-18-5-1-2-6-19(18)15-17)24-11-13-25(14-12-24)22(27)20-7-3-4-10-23-20/h3-4,7-10,15H,1-2,5-6,11-14,16H2. The van der Waals surface area contributed by atoms with E-state index in [-0.39, 0.29) is 11.8 Å². The third kappa shape index (κ3) is 4.02. The minimum absolute atomic E-state index is 0.0580. The Morgan fingerprint density at radius 1 is 0.889 bits per heavy atom. The van der Waals surface area contributed by atoms with Crippen molar-refractivity contribution in [2.75, 3.05) is 26.2 Å². The van der Waals surface area contributed by atoms with E-state index in [1.54, 1.807) is 23.2 Å². The highest BCUT2D eigenvalue weighted by atomic mass is 16.2. The number of benzene rings is 1. The van der Waals surface area contributed by atoms with Gasteiger partial charge in [0, 0.05) is 32.4 Å². The topological polar surface area (TPSA) is 53.5 Å². The fourth-order valence-corrected chi connectivity index (χ4v) is 3.99. The van der Waals surface area contributed by atoms with Crippen molar-refractivity contribution in [2.45, 2.75) is 32.1 Å². The predicted octanol–water partition coefficient (Wildman–Crippen LogP) is 2.49. The molecule has 1 aliphatic heterocycles. The maximum atomic E-state index is 12.7. The van der Waals surface area contributed by atoms with Gasteiger partial charge in [-0.15, -0.1) is 0 Å². The molecule has 0 atom stereocenters. The molecule has 1 aliphatic carbocycles. The summed E-state index contributed by atoms with van der Waals surface area (Å²) in [5.41, 5.74) is 4.43. The lowest BCUT2D eigenvalue weighted by Crippen LogP contribution is -2.51. The highest BCUT2D eigenvalue weighted by molar-refractivity contribution is 5.92. The van der Waals surface area contributed by atoms with Crippen molar-refractivity contribution in [3.63, 3.8) is 0 Å². The Balaban J connectivity index is 1.33. The number of carbonyl (C=O) groups excluding carboxylic acids is 2. The second kappa shape index (κ2) is 7.91. The number of pyridine rings is 1. The molecule has 0 unspecified atom stereocenters. The molecule has 2 aliphatic rings. The Labute approximate surface area is 160 Å². The summed E-state index contributed by atoms with van der Waals surface area (Å²) in [4.78, 5) is 32.9. The van der Waals surface area contributed by atoms with Gasteiger partial charge in [-0.1, -0.05) is 24.3 Å². The van der Waals surface area contributed by atoms with E-state index in [0.29, 0.717) is 38.3 Å². The van der Waals surface area contributed by atoms with Crippen molar-refractivity contribution in [2.24, 2.45) is 0 Å². The number of amides is 2. The van der Waals surface area contributed by atoms with Crippen LogP contribution in [-0.2, 0) is 24.1 Å². The van der Waals surface area contributed by atoms with Crippen molar-refractivity contribution >= 4 is 11.8 Å². The van der Waals surface area contributed by atoms with Crippen LogP contribution in [0.3, 0.4) is 0 Å². The summed E-state index contributed by atoms with van der Waals surface area (Å²) in [6, 6.07) is 11.9. The molecule has 27 heavy (non-hydrogen) atoms. The smallest absolute Gasteiger partial charge is 0.272 e. The van der Waals surface area contributed by atoms with E-state index in [2.05, 4.69) is 23.2 Å². The number of piperazine rings is 1. The van der Waals surface area contributed by atoms with Crippen LogP contribution in [0.25, 0.3) is 0 Å². The molecule has 2 aromatic rings. The summed E-state index contributed by atoms with van der Waals surface area (Å²) in [6.07, 6.45) is 6.89. The van der Waals surface area contributed by atoms with Crippen LogP contribution in [0.5, 0.6) is 0 Å². The summed E-state index contributed by atoms with van der Waals surface area (Å²) < 4.78 is 0. The SMILES string of the molecule is O=C(Cc1ccc2c(c1)CCCC2)N1CCN(C(=O)c2ccccn2)CC1. The number of hydrogen-bond acceptors (Lipinski definition) is 3. The highest BCUT2D eigenvalue weighted by Crippen LogP contribution is 2.22. The molecule has 0 N–H and O–H groups in total. The van der Waals surface area contributed by atoms with E-state index in [1.807, 2.05) is 11.0 Å². The van der Waals surface area contributed by atoms with Gasteiger partial charge in [-0.25, -0.2) is 0 Å². The van der Waals surface area contributed by atoms with Crippen molar-refractivity contribution < 1.29 is 9.59 Å². The number of hydrogen-bond donors (Lipinski definition) is 0. The molecule has 4 rings (SSSR count). The molecule has 1 fully saturated rings. The first kappa shape index (κ1) is 17.7. The number of aryl methyl sites for hydroxylation is 2. The molecule has 2 amide bonds. The number of rotatable bonds is 3. The zero-order valence-electron chi connectivity index (χ0n) is 15.6. The van der Waals surface area contributed by atoms with Crippen LogP contribution in [0.4, 0.5) is 0 Å². The Morgan fingerprint density at radius 3 is 2.37 bits per heavy atom. The molecule has 0 spiro atoms. The van der Waals surface area contributed by atoms with Crippen LogP contribution in [0.15, 0.2) is 42.6 Å². The van der Waals surface area contributed by atoms with E-state index >= 15 is 0 Å². The first-order valence-electron chi connectivity index (χ1n) is 9.79. The molecule has 0 bridgehead atoms. The summed E-state index contributed by atoms with van der Waals surface area (Å²) >= 11 is 0. The largest absolute Gasteiger partial charge is 0.339 e. The fraction of sp³-hybridized carbons (Fsp3) is 0.409. The molecule has 140 valence electrons. The van der Waals surface area contributed by atoms with Crippen LogP contribution in [-0.4, -0.2) is 52.8 Å². The van der Waals surface area contributed by atoms with Gasteiger partial charge in [0.2, 0.25) is 5.91 Å². The maximum Gasteiger partial charge on any atom is 0.272 e. The van der Waals surface area contributed by atoms with Crippen molar-refractivity contribution in [3.05, 3.63) is 65.0 Å². The summed E-state index contributed by atoms with van der Waals surface area (Å²) in [7, 11) is 0. The quantitative estimate of drug-likeness (QED) is 0.842. The van der Waals surface area contributed by atoms with Crippen molar-refractivity contribution in [1.82, 2.24) is 14.8 Å². The Morgan fingerprint density at radius 2 is 1.63 bits per heavy atom. The lowest BCUT2D eigenvalue weighted by molar-refractivity contribution is -0.131. The average Bonchev–Trinajstić information content (AvgIpc) is 2.74. The number of nitrogens with zero attached hydrogens (tertiary/aromatic N) is 3. The van der Waals surface area contributed by atoms with Gasteiger partial charge in [-0.2, -0.15) is 0 Å². The molecule has 0 saturated carbocycles. The van der Waals surface area contributed by atoms with Gasteiger partial charge < -0.3 is 9.80 Å². The molecular weight excluding hydrogens is 338 g/mol. The second-order valence-electron chi connectivity index (χ2n) is 7.37. The minimum Gasteiger partial charge on any atom is -0.339 e. The number of fused-ring (bicyclic) bond motifs is 1. The lowest BCUT2D eigenvalue weighted by atomic mass is 9.90. The summed E-state index contributed by atoms with van der Waals surface area (Å²) in [6.45, 7) is 2.29. The van der Waals surface area contributed by atoms with Crippen molar-refractivity contribution in [3.8, 4) is 0 Å². The third-order valence-electron chi connectivity index (χ3n) is 5.57. The van der Waals surface area contributed by atoms with E-state index < -0.39 is 0 Å². The van der Waals surface area contributed by atoms with Gasteiger partial charge in [0.1, 0.15) is 5.69 Å². The molecule has 1 saturated heterocycles. The van der Waals surface area contributed by atoms with E-state index in [4.69, 9.17) is 0 Å². The maximum absolute atomic E-state index is 12.7. The van der Waals surface area contributed by atoms with Gasteiger partial charge in [0.15, 0.2) is 0 Å². The molecule has 5 nitrogen and oxygen atoms in total. The van der Waals surface area contributed by atoms with Crippen LogP contribution >= 0.6 is 0 Å². The Hall–Kier alpha value is -2.69. The van der Waals surface area contributed by atoms with Gasteiger partial charge in [0.25, 0.3) is 5.91 Å². The fourth-order valence-electron chi connectivity index (χ4n) is 3.99. The van der Waals surface area contributed by atoms with Crippen molar-refractivity contribution in [1.29, 1.82) is 0 Å².